The average Bonchev–Trinajstić information content (AvgIpc) is 1.78. The summed E-state index contributed by atoms with van der Waals surface area (Å²) >= 11 is 11.0. The van der Waals surface area contributed by atoms with Crippen LogP contribution in [0.4, 0.5) is 0 Å². The zero-order chi connectivity index (χ0) is 6.91. The van der Waals surface area contributed by atoms with E-state index in [1.54, 1.807) is 0 Å². The van der Waals surface area contributed by atoms with E-state index in [0.29, 0.717) is 0 Å². The molecule has 0 unspecified atom stereocenters. The monoisotopic (exact) mass is 163 g/mol. The van der Waals surface area contributed by atoms with Crippen LogP contribution in [0, 0.1) is 0 Å². The molecule has 0 spiro atoms. The maximum Gasteiger partial charge on any atom is 0.269 e. The highest BCUT2D eigenvalue weighted by atomic mass is 35.5. The second kappa shape index (κ2) is 2.12. The zero-order valence-electron chi connectivity index (χ0n) is 4.34. The molecule has 1 amide bonds. The van der Waals surface area contributed by atoms with Crippen LogP contribution >= 0.6 is 23.2 Å². The van der Waals surface area contributed by atoms with Gasteiger partial charge in [0, 0.05) is 12.3 Å². The van der Waals surface area contributed by atoms with Crippen LogP contribution in [0.3, 0.4) is 0 Å². The van der Waals surface area contributed by atoms with Crippen LogP contribution in [0.1, 0.15) is 0 Å². The number of hydrogen-bond acceptors (Lipinski definition) is 1. The van der Waals surface area contributed by atoms with Crippen LogP contribution in [0.2, 0.25) is 0 Å². The van der Waals surface area contributed by atoms with E-state index in [1.165, 1.54) is 18.4 Å². The summed E-state index contributed by atoms with van der Waals surface area (Å²) in [6.07, 6.45) is 3.81. The summed E-state index contributed by atoms with van der Waals surface area (Å²) in [5.74, 6) is -0.327. The molecule has 1 heterocycles. The molecule has 0 N–H and O–H groups in total. The lowest BCUT2D eigenvalue weighted by Crippen LogP contribution is -2.15. The number of allylic oxidation sites excluding steroid dienone is 1. The van der Waals surface area contributed by atoms with Crippen molar-refractivity contribution in [2.24, 2.45) is 4.99 Å². The number of nitrogens with zero attached hydrogens (tertiary/aromatic N) is 1. The summed E-state index contributed by atoms with van der Waals surface area (Å²) < 4.78 is -1.09. The molecule has 1 rings (SSSR count). The standard InChI is InChI=1S/C5H3Cl2NO/c6-5(7)2-1-4(9)8-3-5/h1-3H. The lowest BCUT2D eigenvalue weighted by molar-refractivity contribution is -0.113. The van der Waals surface area contributed by atoms with Gasteiger partial charge in [-0.1, -0.05) is 23.2 Å². The second-order valence-corrected chi connectivity index (χ2v) is 3.05. The number of alkyl halides is 2. The van der Waals surface area contributed by atoms with Gasteiger partial charge < -0.3 is 0 Å². The van der Waals surface area contributed by atoms with Crippen molar-refractivity contribution in [1.82, 2.24) is 0 Å². The Kier molecular flexibility index (Phi) is 1.60. The minimum Gasteiger partial charge on any atom is -0.268 e. The predicted molar refractivity (Wildman–Crippen MR) is 37.1 cm³/mol. The molecule has 0 saturated carbocycles. The third-order valence-corrected chi connectivity index (χ3v) is 1.26. The Bertz CT molecular complexity index is 177. The van der Waals surface area contributed by atoms with Gasteiger partial charge in [0.25, 0.3) is 5.91 Å². The molecule has 48 valence electrons. The SMILES string of the molecule is O=C1C=CC(Cl)(Cl)C=N1. The average molecular weight is 164 g/mol. The van der Waals surface area contributed by atoms with Gasteiger partial charge in [0.2, 0.25) is 0 Å². The van der Waals surface area contributed by atoms with Gasteiger partial charge >= 0.3 is 0 Å². The Labute approximate surface area is 62.2 Å². The van der Waals surface area contributed by atoms with Crippen LogP contribution in [0.25, 0.3) is 0 Å². The van der Waals surface area contributed by atoms with Crippen LogP contribution in [0.15, 0.2) is 17.1 Å². The Morgan fingerprint density at radius 2 is 2.22 bits per heavy atom. The third-order valence-electron chi connectivity index (χ3n) is 0.812. The fourth-order valence-electron chi connectivity index (χ4n) is 0.418. The number of hydrogen-bond donors (Lipinski definition) is 0. The van der Waals surface area contributed by atoms with Crippen molar-refractivity contribution in [3.63, 3.8) is 0 Å². The van der Waals surface area contributed by atoms with Gasteiger partial charge in [0.15, 0.2) is 4.33 Å². The molecular formula is C5H3Cl2NO. The molecule has 0 aromatic heterocycles. The smallest absolute Gasteiger partial charge is 0.268 e. The Morgan fingerprint density at radius 1 is 1.56 bits per heavy atom. The van der Waals surface area contributed by atoms with Crippen molar-refractivity contribution < 1.29 is 4.79 Å². The third kappa shape index (κ3) is 1.80. The Morgan fingerprint density at radius 3 is 2.56 bits per heavy atom. The highest BCUT2D eigenvalue weighted by Crippen LogP contribution is 2.21. The van der Waals surface area contributed by atoms with Crippen molar-refractivity contribution >= 4 is 35.3 Å². The highest BCUT2D eigenvalue weighted by molar-refractivity contribution is 6.58. The van der Waals surface area contributed by atoms with Crippen molar-refractivity contribution in [2.45, 2.75) is 4.33 Å². The van der Waals surface area contributed by atoms with E-state index in [-0.39, 0.29) is 5.91 Å². The fraction of sp³-hybridized carbons (Fsp3) is 0.200. The predicted octanol–water partition coefficient (Wildman–Crippen LogP) is 1.33. The number of carbonyl (C=O) groups is 1. The largest absolute Gasteiger partial charge is 0.269 e. The number of dihydropyridines is 1. The van der Waals surface area contributed by atoms with E-state index in [1.807, 2.05) is 0 Å². The Hall–Kier alpha value is -0.340. The molecule has 0 atom stereocenters. The zero-order valence-corrected chi connectivity index (χ0v) is 5.86. The van der Waals surface area contributed by atoms with Crippen LogP contribution in [0.5, 0.6) is 0 Å². The first-order valence-corrected chi connectivity index (χ1v) is 3.02. The van der Waals surface area contributed by atoms with E-state index in [0.717, 1.165) is 0 Å². The molecule has 2 nitrogen and oxygen atoms in total. The Balaban J connectivity index is 2.82. The normalized spacial score (nSPS) is 22.7. The maximum absolute atomic E-state index is 10.3. The van der Waals surface area contributed by atoms with Gasteiger partial charge in [-0.15, -0.1) is 0 Å². The van der Waals surface area contributed by atoms with E-state index in [2.05, 4.69) is 4.99 Å². The van der Waals surface area contributed by atoms with Crippen molar-refractivity contribution in [3.8, 4) is 0 Å². The van der Waals surface area contributed by atoms with Crippen molar-refractivity contribution in [3.05, 3.63) is 12.2 Å². The number of rotatable bonds is 0. The van der Waals surface area contributed by atoms with E-state index < -0.39 is 4.33 Å². The van der Waals surface area contributed by atoms with Gasteiger partial charge in [-0.25, -0.2) is 4.99 Å². The summed E-state index contributed by atoms with van der Waals surface area (Å²) in [5, 5.41) is 0. The molecule has 4 heteroatoms. The first-order chi connectivity index (χ1) is 4.10. The van der Waals surface area contributed by atoms with Crippen LogP contribution in [-0.4, -0.2) is 16.5 Å². The lowest BCUT2D eigenvalue weighted by atomic mass is 10.3. The summed E-state index contributed by atoms with van der Waals surface area (Å²) in [6.45, 7) is 0. The molecule has 1 aliphatic rings. The fourth-order valence-corrected chi connectivity index (χ4v) is 0.642. The van der Waals surface area contributed by atoms with E-state index in [9.17, 15) is 4.79 Å². The molecular weight excluding hydrogens is 161 g/mol. The van der Waals surface area contributed by atoms with Gasteiger partial charge in [-0.2, -0.15) is 0 Å². The highest BCUT2D eigenvalue weighted by Gasteiger charge is 2.20. The summed E-state index contributed by atoms with van der Waals surface area (Å²) in [5.41, 5.74) is 0. The van der Waals surface area contributed by atoms with E-state index >= 15 is 0 Å². The van der Waals surface area contributed by atoms with Crippen LogP contribution in [-0.2, 0) is 4.79 Å². The van der Waals surface area contributed by atoms with E-state index in [4.69, 9.17) is 23.2 Å². The molecule has 0 bridgehead atoms. The summed E-state index contributed by atoms with van der Waals surface area (Å²) in [4.78, 5) is 13.7. The van der Waals surface area contributed by atoms with Gasteiger partial charge in [-0.05, 0) is 6.08 Å². The molecule has 1 aliphatic heterocycles. The van der Waals surface area contributed by atoms with Crippen molar-refractivity contribution in [2.75, 3.05) is 0 Å². The lowest BCUT2D eigenvalue weighted by Gasteiger charge is -2.08. The number of aliphatic imine (C=N–C) groups is 1. The summed E-state index contributed by atoms with van der Waals surface area (Å²) in [7, 11) is 0. The quantitative estimate of drug-likeness (QED) is 0.496. The molecule has 0 aliphatic carbocycles. The maximum atomic E-state index is 10.3. The summed E-state index contributed by atoms with van der Waals surface area (Å²) in [6, 6.07) is 0. The van der Waals surface area contributed by atoms with Crippen LogP contribution < -0.4 is 0 Å². The number of amides is 1. The minimum atomic E-state index is -1.09. The molecule has 0 radical (unpaired) electrons. The first kappa shape index (κ1) is 6.78. The second-order valence-electron chi connectivity index (χ2n) is 1.60. The molecule has 9 heavy (non-hydrogen) atoms. The van der Waals surface area contributed by atoms with Crippen molar-refractivity contribution in [1.29, 1.82) is 0 Å². The first-order valence-electron chi connectivity index (χ1n) is 2.26. The topological polar surface area (TPSA) is 29.4 Å². The molecule has 0 saturated heterocycles. The molecule has 0 fully saturated rings. The van der Waals surface area contributed by atoms with Gasteiger partial charge in [0.05, 0.1) is 0 Å². The number of halogens is 2. The molecule has 0 aromatic rings. The van der Waals surface area contributed by atoms with Gasteiger partial charge in [-0.3, -0.25) is 4.79 Å². The van der Waals surface area contributed by atoms with Gasteiger partial charge in [0.1, 0.15) is 0 Å². The molecule has 0 aromatic carbocycles. The number of carbonyl (C=O) groups excluding carboxylic acids is 1. The minimum absolute atomic E-state index is 0.327.